The summed E-state index contributed by atoms with van der Waals surface area (Å²) in [7, 11) is 1.70. The molecule has 0 saturated heterocycles. The fourth-order valence-corrected chi connectivity index (χ4v) is 1.94. The minimum atomic E-state index is -0.0548. The van der Waals surface area contributed by atoms with Crippen LogP contribution in [0.5, 0.6) is 5.75 Å². The Morgan fingerprint density at radius 1 is 1.41 bits per heavy atom. The molecule has 1 fully saturated rings. The summed E-state index contributed by atoms with van der Waals surface area (Å²) in [4.78, 5) is 0. The molecule has 0 amide bonds. The number of ether oxygens (including phenoxy) is 1. The lowest BCUT2D eigenvalue weighted by Gasteiger charge is -2.10. The van der Waals surface area contributed by atoms with Gasteiger partial charge in [0.15, 0.2) is 0 Å². The van der Waals surface area contributed by atoms with Crippen LogP contribution in [0.2, 0.25) is 0 Å². The van der Waals surface area contributed by atoms with Crippen molar-refractivity contribution in [2.75, 3.05) is 20.2 Å². The van der Waals surface area contributed by atoms with Crippen LogP contribution < -0.4 is 10.1 Å². The van der Waals surface area contributed by atoms with E-state index in [9.17, 15) is 0 Å². The highest BCUT2D eigenvalue weighted by molar-refractivity contribution is 5.33. The molecule has 0 spiro atoms. The normalized spacial score (nSPS) is 16.2. The van der Waals surface area contributed by atoms with E-state index in [4.69, 9.17) is 10.00 Å². The van der Waals surface area contributed by atoms with Gasteiger partial charge < -0.3 is 10.1 Å². The van der Waals surface area contributed by atoms with E-state index in [1.165, 1.54) is 5.56 Å². The van der Waals surface area contributed by atoms with Crippen molar-refractivity contribution in [1.82, 2.24) is 5.32 Å². The molecule has 0 aliphatic heterocycles. The van der Waals surface area contributed by atoms with Crippen molar-refractivity contribution in [3.8, 4) is 11.8 Å². The first kappa shape index (κ1) is 11.9. The fraction of sp³-hybridized carbons (Fsp3) is 0.500. The van der Waals surface area contributed by atoms with E-state index in [-0.39, 0.29) is 5.41 Å². The Labute approximate surface area is 102 Å². The molecule has 1 aliphatic rings. The Kier molecular flexibility index (Phi) is 3.65. The number of rotatable bonds is 6. The van der Waals surface area contributed by atoms with Crippen LogP contribution in [0.4, 0.5) is 0 Å². The molecule has 1 aromatic carbocycles. The Morgan fingerprint density at radius 2 is 2.18 bits per heavy atom. The van der Waals surface area contributed by atoms with E-state index in [2.05, 4.69) is 17.5 Å². The highest BCUT2D eigenvalue weighted by Crippen LogP contribution is 2.43. The van der Waals surface area contributed by atoms with E-state index in [1.807, 2.05) is 18.2 Å². The highest BCUT2D eigenvalue weighted by Gasteiger charge is 2.42. The Bertz CT molecular complexity index is 418. The van der Waals surface area contributed by atoms with Gasteiger partial charge in [-0.3, -0.25) is 0 Å². The number of benzene rings is 1. The van der Waals surface area contributed by atoms with Crippen molar-refractivity contribution >= 4 is 0 Å². The smallest absolute Gasteiger partial charge is 0.122 e. The molecule has 3 heteroatoms. The SMILES string of the molecule is COc1ccccc1CCNCC1(C#N)CC1. The van der Waals surface area contributed by atoms with Crippen molar-refractivity contribution in [2.24, 2.45) is 5.41 Å². The molecule has 0 heterocycles. The van der Waals surface area contributed by atoms with Crippen molar-refractivity contribution in [1.29, 1.82) is 5.26 Å². The number of para-hydroxylation sites is 1. The zero-order valence-corrected chi connectivity index (χ0v) is 10.2. The number of nitriles is 1. The predicted molar refractivity (Wildman–Crippen MR) is 66.8 cm³/mol. The first-order valence-corrected chi connectivity index (χ1v) is 6.03. The minimum Gasteiger partial charge on any atom is -0.496 e. The topological polar surface area (TPSA) is 45.0 Å². The van der Waals surface area contributed by atoms with Crippen molar-refractivity contribution < 1.29 is 4.74 Å². The zero-order chi connectivity index (χ0) is 12.1. The van der Waals surface area contributed by atoms with Gasteiger partial charge in [0.05, 0.1) is 18.6 Å². The predicted octanol–water partition coefficient (Wildman–Crippen LogP) is 2.13. The molecule has 1 saturated carbocycles. The van der Waals surface area contributed by atoms with Gasteiger partial charge in [0.2, 0.25) is 0 Å². The van der Waals surface area contributed by atoms with Crippen LogP contribution in [-0.4, -0.2) is 20.2 Å². The van der Waals surface area contributed by atoms with Crippen LogP contribution in [0.25, 0.3) is 0 Å². The lowest BCUT2D eigenvalue weighted by atomic mass is 10.1. The van der Waals surface area contributed by atoms with Crippen LogP contribution in [0.3, 0.4) is 0 Å². The molecular weight excluding hydrogens is 212 g/mol. The van der Waals surface area contributed by atoms with E-state index in [1.54, 1.807) is 7.11 Å². The second-order valence-electron chi connectivity index (χ2n) is 4.63. The molecule has 90 valence electrons. The molecule has 3 nitrogen and oxygen atoms in total. The molecule has 17 heavy (non-hydrogen) atoms. The maximum atomic E-state index is 8.95. The van der Waals surface area contributed by atoms with Crippen molar-refractivity contribution in [3.63, 3.8) is 0 Å². The monoisotopic (exact) mass is 230 g/mol. The minimum absolute atomic E-state index is 0.0548. The van der Waals surface area contributed by atoms with Crippen LogP contribution in [0.1, 0.15) is 18.4 Å². The molecule has 0 unspecified atom stereocenters. The van der Waals surface area contributed by atoms with Crippen LogP contribution in [0, 0.1) is 16.7 Å². The molecule has 1 N–H and O–H groups in total. The van der Waals surface area contributed by atoms with Gasteiger partial charge in [0.1, 0.15) is 5.75 Å². The summed E-state index contributed by atoms with van der Waals surface area (Å²) in [5, 5.41) is 12.3. The zero-order valence-electron chi connectivity index (χ0n) is 10.2. The quantitative estimate of drug-likeness (QED) is 0.761. The summed E-state index contributed by atoms with van der Waals surface area (Å²) >= 11 is 0. The van der Waals surface area contributed by atoms with Crippen LogP contribution >= 0.6 is 0 Å². The second-order valence-corrected chi connectivity index (χ2v) is 4.63. The standard InChI is InChI=1S/C14H18N2O/c1-17-13-5-3-2-4-12(13)6-9-16-11-14(10-15)7-8-14/h2-5,16H,6-9,11H2,1H3. The van der Waals surface area contributed by atoms with Gasteiger partial charge in [-0.05, 0) is 37.4 Å². The third-order valence-corrected chi connectivity index (χ3v) is 3.32. The Hall–Kier alpha value is -1.53. The van der Waals surface area contributed by atoms with Gasteiger partial charge in [-0.25, -0.2) is 0 Å². The van der Waals surface area contributed by atoms with Crippen LogP contribution in [0.15, 0.2) is 24.3 Å². The van der Waals surface area contributed by atoms with Gasteiger partial charge in [0.25, 0.3) is 0 Å². The number of hydrogen-bond acceptors (Lipinski definition) is 3. The van der Waals surface area contributed by atoms with E-state index in [0.717, 1.165) is 38.1 Å². The third kappa shape index (κ3) is 2.98. The maximum Gasteiger partial charge on any atom is 0.122 e. The van der Waals surface area contributed by atoms with Gasteiger partial charge >= 0.3 is 0 Å². The largest absolute Gasteiger partial charge is 0.496 e. The summed E-state index contributed by atoms with van der Waals surface area (Å²) in [5.41, 5.74) is 1.16. The summed E-state index contributed by atoms with van der Waals surface area (Å²) < 4.78 is 5.30. The molecule has 0 atom stereocenters. The molecule has 1 aliphatic carbocycles. The molecular formula is C14H18N2O. The van der Waals surface area contributed by atoms with Crippen molar-refractivity contribution in [2.45, 2.75) is 19.3 Å². The van der Waals surface area contributed by atoms with Gasteiger partial charge in [-0.1, -0.05) is 18.2 Å². The van der Waals surface area contributed by atoms with E-state index < -0.39 is 0 Å². The van der Waals surface area contributed by atoms with Crippen molar-refractivity contribution in [3.05, 3.63) is 29.8 Å². The Morgan fingerprint density at radius 3 is 2.82 bits per heavy atom. The highest BCUT2D eigenvalue weighted by atomic mass is 16.5. The molecule has 1 aromatic rings. The summed E-state index contributed by atoms with van der Waals surface area (Å²) in [6.07, 6.45) is 3.03. The fourth-order valence-electron chi connectivity index (χ4n) is 1.94. The number of nitrogens with zero attached hydrogens (tertiary/aromatic N) is 1. The van der Waals surface area contributed by atoms with Gasteiger partial charge in [-0.2, -0.15) is 5.26 Å². The lowest BCUT2D eigenvalue weighted by Crippen LogP contribution is -2.25. The molecule has 2 rings (SSSR count). The first-order valence-electron chi connectivity index (χ1n) is 6.03. The third-order valence-electron chi connectivity index (χ3n) is 3.32. The number of hydrogen-bond donors (Lipinski definition) is 1. The molecule has 0 bridgehead atoms. The summed E-state index contributed by atoms with van der Waals surface area (Å²) in [6, 6.07) is 10.4. The number of methoxy groups -OCH3 is 1. The summed E-state index contributed by atoms with van der Waals surface area (Å²) in [6.45, 7) is 1.71. The average Bonchev–Trinajstić information content (AvgIpc) is 3.16. The number of nitrogens with one attached hydrogen (secondary N) is 1. The van der Waals surface area contributed by atoms with Gasteiger partial charge in [-0.15, -0.1) is 0 Å². The van der Waals surface area contributed by atoms with Gasteiger partial charge in [0, 0.05) is 6.54 Å². The Balaban J connectivity index is 1.77. The van der Waals surface area contributed by atoms with Crippen LogP contribution in [-0.2, 0) is 6.42 Å². The maximum absolute atomic E-state index is 8.95. The summed E-state index contributed by atoms with van der Waals surface area (Å²) in [5.74, 6) is 0.940. The molecule has 0 radical (unpaired) electrons. The lowest BCUT2D eigenvalue weighted by molar-refractivity contribution is 0.409. The average molecular weight is 230 g/mol. The van der Waals surface area contributed by atoms with E-state index >= 15 is 0 Å². The van der Waals surface area contributed by atoms with E-state index in [0.29, 0.717) is 0 Å². The second kappa shape index (κ2) is 5.20. The molecule has 0 aromatic heterocycles. The first-order chi connectivity index (χ1) is 8.29.